The van der Waals surface area contributed by atoms with Gasteiger partial charge in [-0.3, -0.25) is 0 Å². The van der Waals surface area contributed by atoms with Crippen LogP contribution in [0.1, 0.15) is 0 Å². The minimum absolute atomic E-state index is 0.316. The van der Waals surface area contributed by atoms with Crippen molar-refractivity contribution in [3.05, 3.63) is 25.0 Å². The summed E-state index contributed by atoms with van der Waals surface area (Å²) in [6, 6.07) is 0. The van der Waals surface area contributed by atoms with E-state index in [9.17, 15) is 0 Å². The summed E-state index contributed by atoms with van der Waals surface area (Å²) in [7, 11) is 0. The van der Waals surface area contributed by atoms with E-state index in [0.29, 0.717) is 11.6 Å². The molecule has 0 N–H and O–H groups in total. The highest BCUT2D eigenvalue weighted by Crippen LogP contribution is 2.01. The average Bonchev–Trinajstić information content (AvgIpc) is 2.21. The SMILES string of the molecule is [c]1ncnc(-c2n[c]cnn2)n1. The van der Waals surface area contributed by atoms with Gasteiger partial charge in [0, 0.05) is 0 Å². The number of aromatic nitrogens is 6. The van der Waals surface area contributed by atoms with Gasteiger partial charge in [-0.25, -0.2) is 19.9 Å². The maximum Gasteiger partial charge on any atom is 0.220 e. The van der Waals surface area contributed by atoms with Gasteiger partial charge in [-0.1, -0.05) is 0 Å². The van der Waals surface area contributed by atoms with E-state index in [0.717, 1.165) is 0 Å². The van der Waals surface area contributed by atoms with Crippen molar-refractivity contribution in [3.63, 3.8) is 0 Å². The van der Waals surface area contributed by atoms with Gasteiger partial charge in [0.1, 0.15) is 12.5 Å². The van der Waals surface area contributed by atoms with E-state index >= 15 is 0 Å². The van der Waals surface area contributed by atoms with Crippen molar-refractivity contribution >= 4 is 0 Å². The van der Waals surface area contributed by atoms with Crippen LogP contribution in [0, 0.1) is 12.5 Å². The molecule has 2 aromatic rings. The molecule has 6 nitrogen and oxygen atoms in total. The van der Waals surface area contributed by atoms with Crippen LogP contribution in [-0.2, 0) is 0 Å². The summed E-state index contributed by atoms with van der Waals surface area (Å²) < 4.78 is 0. The zero-order chi connectivity index (χ0) is 8.23. The Morgan fingerprint density at radius 3 is 2.83 bits per heavy atom. The molecule has 2 radical (unpaired) electrons. The van der Waals surface area contributed by atoms with Crippen LogP contribution < -0.4 is 0 Å². The molecule has 0 atom stereocenters. The van der Waals surface area contributed by atoms with E-state index in [-0.39, 0.29) is 0 Å². The van der Waals surface area contributed by atoms with E-state index < -0.39 is 0 Å². The molecule has 0 aliphatic rings. The lowest BCUT2D eigenvalue weighted by Crippen LogP contribution is -1.96. The lowest BCUT2D eigenvalue weighted by Gasteiger charge is -1.91. The van der Waals surface area contributed by atoms with Gasteiger partial charge in [0.2, 0.25) is 18.0 Å². The van der Waals surface area contributed by atoms with Crippen molar-refractivity contribution in [3.8, 4) is 11.6 Å². The summed E-state index contributed by atoms with van der Waals surface area (Å²) in [5.74, 6) is 0.658. The minimum Gasteiger partial charge on any atom is -0.220 e. The Bertz CT molecular complexity index is 309. The molecule has 0 aliphatic heterocycles. The molecule has 2 aromatic heterocycles. The van der Waals surface area contributed by atoms with Crippen molar-refractivity contribution in [1.29, 1.82) is 0 Å². The van der Waals surface area contributed by atoms with E-state index in [1.165, 1.54) is 12.5 Å². The van der Waals surface area contributed by atoms with Gasteiger partial charge in [-0.15, -0.1) is 5.10 Å². The Morgan fingerprint density at radius 2 is 2.17 bits per heavy atom. The van der Waals surface area contributed by atoms with Gasteiger partial charge < -0.3 is 0 Å². The Balaban J connectivity index is 2.46. The van der Waals surface area contributed by atoms with Gasteiger partial charge in [0.25, 0.3) is 0 Å². The molecule has 0 amide bonds. The molecule has 0 spiro atoms. The Morgan fingerprint density at radius 1 is 1.17 bits per heavy atom. The van der Waals surface area contributed by atoms with Crippen molar-refractivity contribution in [2.45, 2.75) is 0 Å². The van der Waals surface area contributed by atoms with Crippen LogP contribution in [0.25, 0.3) is 11.6 Å². The maximum absolute atomic E-state index is 3.81. The van der Waals surface area contributed by atoms with Crippen LogP contribution in [0.4, 0.5) is 0 Å². The van der Waals surface area contributed by atoms with Crippen LogP contribution in [0.5, 0.6) is 0 Å². The number of rotatable bonds is 1. The van der Waals surface area contributed by atoms with Crippen LogP contribution in [0.15, 0.2) is 12.5 Å². The quantitative estimate of drug-likeness (QED) is 0.547. The summed E-state index contributed by atoms with van der Waals surface area (Å²) >= 11 is 0. The molecular weight excluding hydrogens is 156 g/mol. The van der Waals surface area contributed by atoms with Gasteiger partial charge in [-0.05, 0) is 0 Å². The molecule has 0 aliphatic carbocycles. The molecule has 2 rings (SSSR count). The summed E-state index contributed by atoms with van der Waals surface area (Å²) in [6.07, 6.45) is 7.57. The lowest BCUT2D eigenvalue weighted by atomic mass is 10.5. The number of hydrogen-bond acceptors (Lipinski definition) is 6. The van der Waals surface area contributed by atoms with E-state index in [1.807, 2.05) is 0 Å². The molecule has 12 heavy (non-hydrogen) atoms. The topological polar surface area (TPSA) is 77.3 Å². The normalized spacial score (nSPS) is 9.67. The number of nitrogens with zero attached hydrogens (tertiary/aromatic N) is 6. The van der Waals surface area contributed by atoms with Gasteiger partial charge in [0.05, 0.1) is 6.20 Å². The fraction of sp³-hybridized carbons (Fsp3) is 0. The van der Waals surface area contributed by atoms with Crippen molar-refractivity contribution < 1.29 is 0 Å². The summed E-state index contributed by atoms with van der Waals surface area (Å²) in [5, 5.41) is 7.26. The molecule has 0 saturated heterocycles. The monoisotopic (exact) mass is 158 g/mol. The highest BCUT2D eigenvalue weighted by Gasteiger charge is 2.01. The predicted octanol–water partition coefficient (Wildman–Crippen LogP) is -0.676. The zero-order valence-electron chi connectivity index (χ0n) is 5.84. The highest BCUT2D eigenvalue weighted by molar-refractivity contribution is 5.38. The van der Waals surface area contributed by atoms with Crippen LogP contribution in [0.2, 0.25) is 0 Å². The van der Waals surface area contributed by atoms with Crippen LogP contribution in [-0.4, -0.2) is 30.1 Å². The maximum atomic E-state index is 3.81. The van der Waals surface area contributed by atoms with Crippen molar-refractivity contribution in [2.75, 3.05) is 0 Å². The number of hydrogen-bond donors (Lipinski definition) is 0. The lowest BCUT2D eigenvalue weighted by molar-refractivity contribution is 0.933. The third kappa shape index (κ3) is 1.22. The van der Waals surface area contributed by atoms with Gasteiger partial charge in [0.15, 0.2) is 0 Å². The first-order chi connectivity index (χ1) is 5.97. The molecule has 0 bridgehead atoms. The summed E-state index contributed by atoms with van der Waals surface area (Å²) in [6.45, 7) is 0. The summed E-state index contributed by atoms with van der Waals surface area (Å²) in [4.78, 5) is 14.8. The first kappa shape index (κ1) is 6.71. The highest BCUT2D eigenvalue weighted by atomic mass is 15.2. The smallest absolute Gasteiger partial charge is 0.220 e. The molecule has 0 saturated carbocycles. The molecule has 0 unspecified atom stereocenters. The second-order valence-corrected chi connectivity index (χ2v) is 1.82. The largest absolute Gasteiger partial charge is 0.220 e. The van der Waals surface area contributed by atoms with Crippen LogP contribution in [0.3, 0.4) is 0 Å². The first-order valence-corrected chi connectivity index (χ1v) is 3.08. The molecule has 0 fully saturated rings. The standard InChI is InChI=1S/C6H2N6/c1-2-11-12-6(8-1)5-9-3-7-4-10-5/h2-3H. The Labute approximate surface area is 67.8 Å². The third-order valence-corrected chi connectivity index (χ3v) is 1.09. The second kappa shape index (κ2) is 2.95. The van der Waals surface area contributed by atoms with Crippen molar-refractivity contribution in [2.24, 2.45) is 0 Å². The van der Waals surface area contributed by atoms with Crippen LogP contribution >= 0.6 is 0 Å². The molecule has 56 valence electrons. The first-order valence-electron chi connectivity index (χ1n) is 3.08. The second-order valence-electron chi connectivity index (χ2n) is 1.82. The van der Waals surface area contributed by atoms with Crippen molar-refractivity contribution in [1.82, 2.24) is 30.1 Å². The fourth-order valence-corrected chi connectivity index (χ4v) is 0.639. The predicted molar refractivity (Wildman–Crippen MR) is 36.3 cm³/mol. The van der Waals surface area contributed by atoms with Gasteiger partial charge >= 0.3 is 0 Å². The molecule has 0 aromatic carbocycles. The zero-order valence-corrected chi connectivity index (χ0v) is 5.84. The minimum atomic E-state index is 0.316. The Hall–Kier alpha value is -1.98. The Kier molecular flexibility index (Phi) is 1.65. The molecule has 2 heterocycles. The molecule has 6 heteroatoms. The van der Waals surface area contributed by atoms with E-state index in [4.69, 9.17) is 0 Å². The third-order valence-electron chi connectivity index (χ3n) is 1.09. The average molecular weight is 158 g/mol. The molecular formula is C6H2N6. The van der Waals surface area contributed by atoms with Gasteiger partial charge in [-0.2, -0.15) is 5.10 Å². The van der Waals surface area contributed by atoms with E-state index in [1.54, 1.807) is 0 Å². The summed E-state index contributed by atoms with van der Waals surface area (Å²) in [5.41, 5.74) is 0. The fourth-order valence-electron chi connectivity index (χ4n) is 0.639. The van der Waals surface area contributed by atoms with E-state index in [2.05, 4.69) is 42.7 Å².